The van der Waals surface area contributed by atoms with Crippen LogP contribution in [0.5, 0.6) is 0 Å². The maximum atomic E-state index is 13.3. The van der Waals surface area contributed by atoms with Gasteiger partial charge in [0.15, 0.2) is 0 Å². The van der Waals surface area contributed by atoms with E-state index in [2.05, 4.69) is 30.2 Å². The molecule has 1 N–H and O–H groups in total. The molecule has 1 aliphatic rings. The smallest absolute Gasteiger partial charge is 0.245 e. The molecule has 1 fully saturated rings. The fraction of sp³-hybridized carbons (Fsp3) is 0.182. The second-order valence-electron chi connectivity index (χ2n) is 7.32. The first-order valence-corrected chi connectivity index (χ1v) is 11.6. The highest BCUT2D eigenvalue weighted by molar-refractivity contribution is 7.89. The second kappa shape index (κ2) is 8.48. The Kier molecular flexibility index (Phi) is 5.38. The molecule has 0 amide bonds. The highest BCUT2D eigenvalue weighted by Gasteiger charge is 2.30. The van der Waals surface area contributed by atoms with Gasteiger partial charge in [-0.25, -0.2) is 23.4 Å². The van der Waals surface area contributed by atoms with Crippen molar-refractivity contribution in [1.82, 2.24) is 24.2 Å². The summed E-state index contributed by atoms with van der Waals surface area (Å²) in [4.78, 5) is 19.5. The van der Waals surface area contributed by atoms with Crippen molar-refractivity contribution in [2.45, 2.75) is 4.90 Å². The molecule has 10 heteroatoms. The van der Waals surface area contributed by atoms with E-state index in [-0.39, 0.29) is 4.90 Å². The lowest BCUT2D eigenvalue weighted by atomic mass is 10.2. The highest BCUT2D eigenvalue weighted by Crippen LogP contribution is 2.26. The van der Waals surface area contributed by atoms with Crippen molar-refractivity contribution in [3.05, 3.63) is 73.3 Å². The largest absolute Gasteiger partial charge is 0.354 e. The number of pyridine rings is 2. The normalized spacial score (nSPS) is 15.1. The zero-order valence-electron chi connectivity index (χ0n) is 17.2. The fourth-order valence-electron chi connectivity index (χ4n) is 3.74. The molecule has 0 saturated carbocycles. The number of sulfonamides is 1. The minimum absolute atomic E-state index is 0.243. The van der Waals surface area contributed by atoms with Crippen LogP contribution in [0.3, 0.4) is 0 Å². The summed E-state index contributed by atoms with van der Waals surface area (Å²) in [5.74, 6) is 2.06. The Bertz CT molecular complexity index is 1340. The Labute approximate surface area is 185 Å². The number of aromatic nitrogens is 4. The molecule has 3 aromatic heterocycles. The van der Waals surface area contributed by atoms with Gasteiger partial charge in [-0.15, -0.1) is 0 Å². The Hall–Kier alpha value is -3.63. The number of hydrogen-bond acceptors (Lipinski definition) is 8. The lowest BCUT2D eigenvalue weighted by Crippen LogP contribution is -2.49. The molecule has 4 aromatic rings. The van der Waals surface area contributed by atoms with E-state index in [1.165, 1.54) is 10.6 Å². The van der Waals surface area contributed by atoms with Crippen LogP contribution >= 0.6 is 0 Å². The van der Waals surface area contributed by atoms with Gasteiger partial charge in [-0.3, -0.25) is 4.98 Å². The van der Waals surface area contributed by atoms with Gasteiger partial charge in [-0.05, 0) is 24.3 Å². The van der Waals surface area contributed by atoms with Gasteiger partial charge in [-0.2, -0.15) is 4.31 Å². The molecule has 0 spiro atoms. The summed E-state index contributed by atoms with van der Waals surface area (Å²) < 4.78 is 28.2. The van der Waals surface area contributed by atoms with Crippen LogP contribution in [0, 0.1) is 0 Å². The predicted molar refractivity (Wildman–Crippen MR) is 122 cm³/mol. The zero-order valence-corrected chi connectivity index (χ0v) is 18.0. The third-order valence-corrected chi connectivity index (χ3v) is 7.28. The standard InChI is InChI=1S/C22H21N7O2S/c30-32(31,18-7-3-5-17-6-4-10-24-22(17)18)29-13-11-28(12-14-29)21-15-20(25-16-26-21)27-19-8-1-2-9-23-19/h1-10,15-16H,11-14H2,(H,23,25,26,27). The first kappa shape index (κ1) is 20.3. The van der Waals surface area contributed by atoms with Crippen molar-refractivity contribution in [3.63, 3.8) is 0 Å². The van der Waals surface area contributed by atoms with Crippen LogP contribution in [0.15, 0.2) is 78.2 Å². The highest BCUT2D eigenvalue weighted by atomic mass is 32.2. The Morgan fingerprint density at radius 2 is 1.59 bits per heavy atom. The third-order valence-electron chi connectivity index (χ3n) is 5.35. The quantitative estimate of drug-likeness (QED) is 0.498. The minimum atomic E-state index is -3.65. The van der Waals surface area contributed by atoms with Gasteiger partial charge in [0.1, 0.15) is 28.7 Å². The van der Waals surface area contributed by atoms with Crippen molar-refractivity contribution < 1.29 is 8.42 Å². The van der Waals surface area contributed by atoms with Crippen LogP contribution < -0.4 is 10.2 Å². The number of anilines is 3. The number of nitrogens with zero attached hydrogens (tertiary/aromatic N) is 6. The topological polar surface area (TPSA) is 104 Å². The van der Waals surface area contributed by atoms with E-state index < -0.39 is 10.0 Å². The van der Waals surface area contributed by atoms with E-state index in [1.807, 2.05) is 36.4 Å². The van der Waals surface area contributed by atoms with Gasteiger partial charge in [-0.1, -0.05) is 24.3 Å². The summed E-state index contributed by atoms with van der Waals surface area (Å²) in [5, 5.41) is 3.96. The zero-order chi connectivity index (χ0) is 22.0. The number of benzene rings is 1. The average molecular weight is 448 g/mol. The molecule has 0 aliphatic carbocycles. The molecule has 1 saturated heterocycles. The number of nitrogens with one attached hydrogen (secondary N) is 1. The van der Waals surface area contributed by atoms with Gasteiger partial charge in [0.05, 0.1) is 5.52 Å². The summed E-state index contributed by atoms with van der Waals surface area (Å²) in [7, 11) is -3.65. The van der Waals surface area contributed by atoms with Crippen molar-refractivity contribution in [1.29, 1.82) is 0 Å². The van der Waals surface area contributed by atoms with Gasteiger partial charge < -0.3 is 10.2 Å². The van der Waals surface area contributed by atoms with Crippen molar-refractivity contribution in [2.24, 2.45) is 0 Å². The lowest BCUT2D eigenvalue weighted by Gasteiger charge is -2.34. The number of rotatable bonds is 5. The van der Waals surface area contributed by atoms with Crippen molar-refractivity contribution in [3.8, 4) is 0 Å². The van der Waals surface area contributed by atoms with Gasteiger partial charge in [0, 0.05) is 50.0 Å². The lowest BCUT2D eigenvalue weighted by molar-refractivity contribution is 0.384. The maximum absolute atomic E-state index is 13.3. The number of para-hydroxylation sites is 1. The maximum Gasteiger partial charge on any atom is 0.245 e. The fourth-order valence-corrected chi connectivity index (χ4v) is 5.32. The van der Waals surface area contributed by atoms with Gasteiger partial charge in [0.2, 0.25) is 10.0 Å². The molecule has 162 valence electrons. The Morgan fingerprint density at radius 1 is 0.781 bits per heavy atom. The summed E-state index contributed by atoms with van der Waals surface area (Å²) >= 11 is 0. The van der Waals surface area contributed by atoms with E-state index in [9.17, 15) is 8.42 Å². The predicted octanol–water partition coefficient (Wildman–Crippen LogP) is 2.67. The molecule has 1 aromatic carbocycles. The van der Waals surface area contributed by atoms with Crippen LogP contribution in [0.1, 0.15) is 0 Å². The molecule has 9 nitrogen and oxygen atoms in total. The molecule has 32 heavy (non-hydrogen) atoms. The van der Waals surface area contributed by atoms with Gasteiger partial charge in [0.25, 0.3) is 0 Å². The van der Waals surface area contributed by atoms with E-state index >= 15 is 0 Å². The number of fused-ring (bicyclic) bond motifs is 1. The Morgan fingerprint density at radius 3 is 2.41 bits per heavy atom. The van der Waals surface area contributed by atoms with Crippen molar-refractivity contribution >= 4 is 38.4 Å². The van der Waals surface area contributed by atoms with E-state index in [1.54, 1.807) is 30.6 Å². The van der Waals surface area contributed by atoms with E-state index in [4.69, 9.17) is 0 Å². The SMILES string of the molecule is O=S(=O)(c1cccc2cccnc12)N1CCN(c2cc(Nc3ccccn3)ncn2)CC1. The summed E-state index contributed by atoms with van der Waals surface area (Å²) in [5.41, 5.74) is 0.499. The van der Waals surface area contributed by atoms with Crippen LogP contribution in [-0.2, 0) is 10.0 Å². The monoisotopic (exact) mass is 447 g/mol. The van der Waals surface area contributed by atoms with Crippen LogP contribution in [-0.4, -0.2) is 58.8 Å². The molecule has 0 radical (unpaired) electrons. The summed E-state index contributed by atoms with van der Waals surface area (Å²) in [6.07, 6.45) is 4.81. The molecule has 5 rings (SSSR count). The number of piperazine rings is 1. The summed E-state index contributed by atoms with van der Waals surface area (Å²) in [6.45, 7) is 1.77. The molecular weight excluding hydrogens is 426 g/mol. The third kappa shape index (κ3) is 3.97. The number of hydrogen-bond donors (Lipinski definition) is 1. The van der Waals surface area contributed by atoms with Crippen molar-refractivity contribution in [2.75, 3.05) is 36.4 Å². The van der Waals surface area contributed by atoms with Crippen LogP contribution in [0.4, 0.5) is 17.5 Å². The second-order valence-corrected chi connectivity index (χ2v) is 9.23. The molecule has 4 heterocycles. The van der Waals surface area contributed by atoms with E-state index in [0.717, 1.165) is 11.2 Å². The molecule has 0 unspecified atom stereocenters. The van der Waals surface area contributed by atoms with Gasteiger partial charge >= 0.3 is 0 Å². The molecular formula is C22H21N7O2S. The van der Waals surface area contributed by atoms with Crippen LogP contribution in [0.2, 0.25) is 0 Å². The minimum Gasteiger partial charge on any atom is -0.354 e. The Balaban J connectivity index is 1.31. The molecule has 1 aliphatic heterocycles. The molecule has 0 bridgehead atoms. The molecule has 0 atom stereocenters. The summed E-state index contributed by atoms with van der Waals surface area (Å²) in [6, 6.07) is 16.3. The van der Waals surface area contributed by atoms with E-state index in [0.29, 0.717) is 43.3 Å². The first-order chi connectivity index (χ1) is 15.6. The average Bonchev–Trinajstić information content (AvgIpc) is 2.84. The van der Waals surface area contributed by atoms with Crippen LogP contribution in [0.25, 0.3) is 10.9 Å². The first-order valence-electron chi connectivity index (χ1n) is 10.2.